The number of amides is 1. The van der Waals surface area contributed by atoms with E-state index in [0.717, 1.165) is 22.2 Å². The number of hydrogen-bond donors (Lipinski definition) is 1. The summed E-state index contributed by atoms with van der Waals surface area (Å²) in [5, 5.41) is 13.7. The van der Waals surface area contributed by atoms with Crippen LogP contribution >= 0.6 is 0 Å². The number of aromatic nitrogens is 1. The number of benzene rings is 3. The van der Waals surface area contributed by atoms with Gasteiger partial charge in [-0.05, 0) is 67.9 Å². The normalized spacial score (nSPS) is 10.8. The Hall–Kier alpha value is -4.00. The van der Waals surface area contributed by atoms with E-state index in [4.69, 9.17) is 4.42 Å². The largest absolute Gasteiger partial charge is 0.436 e. The molecule has 0 saturated carbocycles. The van der Waals surface area contributed by atoms with Crippen molar-refractivity contribution in [2.24, 2.45) is 0 Å². The maximum Gasteiger partial charge on any atom is 0.272 e. The van der Waals surface area contributed by atoms with Gasteiger partial charge < -0.3 is 9.73 Å². The molecular formula is C22H17N3O4. The molecule has 1 heterocycles. The van der Waals surface area contributed by atoms with E-state index in [1.165, 1.54) is 18.2 Å². The van der Waals surface area contributed by atoms with Gasteiger partial charge in [-0.15, -0.1) is 0 Å². The fraction of sp³-hybridized carbons (Fsp3) is 0.0909. The van der Waals surface area contributed by atoms with E-state index in [1.54, 1.807) is 19.1 Å². The summed E-state index contributed by atoms with van der Waals surface area (Å²) in [7, 11) is 0. The van der Waals surface area contributed by atoms with Crippen molar-refractivity contribution in [3.63, 3.8) is 0 Å². The molecule has 4 aromatic rings. The summed E-state index contributed by atoms with van der Waals surface area (Å²) in [4.78, 5) is 27.4. The second-order valence-corrected chi connectivity index (χ2v) is 6.78. The zero-order valence-corrected chi connectivity index (χ0v) is 15.8. The standard InChI is InChI=1S/C22H17N3O4/c1-13-3-9-18-20(11-13)29-22(24-18)15-4-7-17(8-5-15)23-21(26)16-6-10-19(25(27)28)14(2)12-16/h3-12H,1-2H3,(H,23,26). The molecule has 1 aromatic heterocycles. The van der Waals surface area contributed by atoms with Gasteiger partial charge in [-0.25, -0.2) is 4.98 Å². The molecule has 1 amide bonds. The number of hydrogen-bond acceptors (Lipinski definition) is 5. The van der Waals surface area contributed by atoms with E-state index >= 15 is 0 Å². The molecular weight excluding hydrogens is 370 g/mol. The van der Waals surface area contributed by atoms with Crippen LogP contribution in [0.3, 0.4) is 0 Å². The van der Waals surface area contributed by atoms with E-state index in [0.29, 0.717) is 22.7 Å². The minimum Gasteiger partial charge on any atom is -0.436 e. The number of nitrogens with one attached hydrogen (secondary N) is 1. The van der Waals surface area contributed by atoms with Crippen molar-refractivity contribution < 1.29 is 14.1 Å². The predicted molar refractivity (Wildman–Crippen MR) is 110 cm³/mol. The van der Waals surface area contributed by atoms with Crippen molar-refractivity contribution in [2.75, 3.05) is 5.32 Å². The highest BCUT2D eigenvalue weighted by Crippen LogP contribution is 2.26. The van der Waals surface area contributed by atoms with Crippen molar-refractivity contribution in [3.05, 3.63) is 87.5 Å². The van der Waals surface area contributed by atoms with Gasteiger partial charge in [0.25, 0.3) is 11.6 Å². The van der Waals surface area contributed by atoms with Crippen LogP contribution in [0.15, 0.2) is 65.1 Å². The Morgan fingerprint density at radius 2 is 1.79 bits per heavy atom. The molecule has 0 bridgehead atoms. The third kappa shape index (κ3) is 3.70. The first kappa shape index (κ1) is 18.4. The topological polar surface area (TPSA) is 98.3 Å². The highest BCUT2D eigenvalue weighted by molar-refractivity contribution is 6.04. The zero-order chi connectivity index (χ0) is 20.5. The minimum atomic E-state index is -0.469. The first-order valence-corrected chi connectivity index (χ1v) is 8.95. The molecule has 0 aliphatic rings. The van der Waals surface area contributed by atoms with Gasteiger partial charge in [0.05, 0.1) is 4.92 Å². The summed E-state index contributed by atoms with van der Waals surface area (Å²) in [5.74, 6) is 0.169. The fourth-order valence-corrected chi connectivity index (χ4v) is 3.06. The van der Waals surface area contributed by atoms with E-state index in [1.807, 2.05) is 37.3 Å². The quantitative estimate of drug-likeness (QED) is 0.380. The molecule has 3 aromatic carbocycles. The lowest BCUT2D eigenvalue weighted by molar-refractivity contribution is -0.385. The van der Waals surface area contributed by atoms with E-state index < -0.39 is 4.92 Å². The Bertz CT molecular complexity index is 1240. The summed E-state index contributed by atoms with van der Waals surface area (Å²) in [6.07, 6.45) is 0. The summed E-state index contributed by atoms with van der Waals surface area (Å²) in [5.41, 5.74) is 4.78. The number of nitro benzene ring substituents is 1. The van der Waals surface area contributed by atoms with Crippen LogP contribution < -0.4 is 5.32 Å². The summed E-state index contributed by atoms with van der Waals surface area (Å²) >= 11 is 0. The van der Waals surface area contributed by atoms with E-state index in [9.17, 15) is 14.9 Å². The molecule has 0 fully saturated rings. The lowest BCUT2D eigenvalue weighted by Gasteiger charge is -2.07. The smallest absolute Gasteiger partial charge is 0.272 e. The number of nitrogens with zero attached hydrogens (tertiary/aromatic N) is 2. The first-order chi connectivity index (χ1) is 13.9. The van der Waals surface area contributed by atoms with Crippen LogP contribution in [0.2, 0.25) is 0 Å². The van der Waals surface area contributed by atoms with Gasteiger partial charge in [0, 0.05) is 28.4 Å². The fourth-order valence-electron chi connectivity index (χ4n) is 3.06. The van der Waals surface area contributed by atoms with Crippen LogP contribution in [0.25, 0.3) is 22.6 Å². The molecule has 0 unspecified atom stereocenters. The van der Waals surface area contributed by atoms with Crippen molar-refractivity contribution in [2.45, 2.75) is 13.8 Å². The van der Waals surface area contributed by atoms with Crippen LogP contribution in [-0.4, -0.2) is 15.8 Å². The second-order valence-electron chi connectivity index (χ2n) is 6.78. The van der Waals surface area contributed by atoms with Gasteiger partial charge in [0.2, 0.25) is 5.89 Å². The van der Waals surface area contributed by atoms with Crippen molar-refractivity contribution in [3.8, 4) is 11.5 Å². The van der Waals surface area contributed by atoms with Gasteiger partial charge in [-0.3, -0.25) is 14.9 Å². The molecule has 0 aliphatic heterocycles. The third-order valence-corrected chi connectivity index (χ3v) is 4.59. The summed E-state index contributed by atoms with van der Waals surface area (Å²) in [6.45, 7) is 3.59. The van der Waals surface area contributed by atoms with Crippen LogP contribution in [0, 0.1) is 24.0 Å². The maximum atomic E-state index is 12.4. The average Bonchev–Trinajstić information content (AvgIpc) is 3.11. The van der Waals surface area contributed by atoms with Gasteiger partial charge in [0.15, 0.2) is 5.58 Å². The lowest BCUT2D eigenvalue weighted by atomic mass is 10.1. The molecule has 7 nitrogen and oxygen atoms in total. The summed E-state index contributed by atoms with van der Waals surface area (Å²) in [6, 6.07) is 17.2. The van der Waals surface area contributed by atoms with E-state index in [2.05, 4.69) is 10.3 Å². The highest BCUT2D eigenvalue weighted by atomic mass is 16.6. The number of carbonyl (C=O) groups excluding carboxylic acids is 1. The number of oxazole rings is 1. The molecule has 7 heteroatoms. The summed E-state index contributed by atoms with van der Waals surface area (Å²) < 4.78 is 5.82. The van der Waals surface area contributed by atoms with Gasteiger partial charge in [0.1, 0.15) is 5.52 Å². The third-order valence-electron chi connectivity index (χ3n) is 4.59. The maximum absolute atomic E-state index is 12.4. The number of rotatable bonds is 4. The van der Waals surface area contributed by atoms with Crippen molar-refractivity contribution in [1.29, 1.82) is 0 Å². The molecule has 29 heavy (non-hydrogen) atoms. The molecule has 0 atom stereocenters. The average molecular weight is 387 g/mol. The Morgan fingerprint density at radius 1 is 1.03 bits per heavy atom. The number of fused-ring (bicyclic) bond motifs is 1. The Kier molecular flexibility index (Phi) is 4.56. The minimum absolute atomic E-state index is 0.0144. The monoisotopic (exact) mass is 387 g/mol. The lowest BCUT2D eigenvalue weighted by Crippen LogP contribution is -2.12. The SMILES string of the molecule is Cc1ccc2nc(-c3ccc(NC(=O)c4ccc([N+](=O)[O-])c(C)c4)cc3)oc2c1. The van der Waals surface area contributed by atoms with Crippen molar-refractivity contribution >= 4 is 28.4 Å². The molecule has 144 valence electrons. The Labute approximate surface area is 166 Å². The van der Waals surface area contributed by atoms with Gasteiger partial charge in [-0.2, -0.15) is 0 Å². The zero-order valence-electron chi connectivity index (χ0n) is 15.8. The van der Waals surface area contributed by atoms with Crippen molar-refractivity contribution in [1.82, 2.24) is 4.98 Å². The molecule has 4 rings (SSSR count). The number of aryl methyl sites for hydroxylation is 2. The van der Waals surface area contributed by atoms with Gasteiger partial charge >= 0.3 is 0 Å². The number of anilines is 1. The molecule has 0 radical (unpaired) electrons. The molecule has 0 saturated heterocycles. The van der Waals surface area contributed by atoms with Crippen LogP contribution in [0.1, 0.15) is 21.5 Å². The predicted octanol–water partition coefficient (Wildman–Crippen LogP) is 5.27. The van der Waals surface area contributed by atoms with Crippen LogP contribution in [-0.2, 0) is 0 Å². The number of carbonyl (C=O) groups is 1. The van der Waals surface area contributed by atoms with E-state index in [-0.39, 0.29) is 11.6 Å². The molecule has 0 spiro atoms. The Morgan fingerprint density at radius 3 is 2.48 bits per heavy atom. The highest BCUT2D eigenvalue weighted by Gasteiger charge is 2.14. The molecule has 0 aliphatic carbocycles. The number of nitro groups is 1. The molecule has 1 N–H and O–H groups in total. The van der Waals surface area contributed by atoms with Crippen LogP contribution in [0.4, 0.5) is 11.4 Å². The van der Waals surface area contributed by atoms with Gasteiger partial charge in [-0.1, -0.05) is 6.07 Å². The van der Waals surface area contributed by atoms with Crippen LogP contribution in [0.5, 0.6) is 0 Å². The Balaban J connectivity index is 1.52. The first-order valence-electron chi connectivity index (χ1n) is 8.95. The second kappa shape index (κ2) is 7.20.